The Bertz CT molecular complexity index is 909. The number of hydrogen-bond acceptors (Lipinski definition) is 3. The van der Waals surface area contributed by atoms with Gasteiger partial charge in [-0.05, 0) is 65.7 Å². The van der Waals surface area contributed by atoms with E-state index in [0.717, 1.165) is 22.1 Å². The zero-order valence-corrected chi connectivity index (χ0v) is 14.7. The lowest BCUT2D eigenvalue weighted by atomic mass is 10.1. The summed E-state index contributed by atoms with van der Waals surface area (Å²) in [5.41, 5.74) is 0.991. The molecule has 3 rings (SSSR count). The number of nitrogens with one attached hydrogen (secondary N) is 1. The fourth-order valence-electron chi connectivity index (χ4n) is 2.61. The third-order valence-corrected chi connectivity index (χ3v) is 4.07. The van der Waals surface area contributed by atoms with Crippen molar-refractivity contribution in [2.45, 2.75) is 19.6 Å². The van der Waals surface area contributed by atoms with Gasteiger partial charge in [-0.25, -0.2) is 4.39 Å². The number of carbonyl (C=O) groups is 1. The lowest BCUT2D eigenvalue weighted by molar-refractivity contribution is -0.127. The molecule has 0 aliphatic rings. The molecule has 0 spiro atoms. The maximum Gasteiger partial charge on any atom is 0.261 e. The summed E-state index contributed by atoms with van der Waals surface area (Å²) in [6.45, 7) is 2.06. The zero-order valence-electron chi connectivity index (χ0n) is 14.7. The largest absolute Gasteiger partial charge is 0.497 e. The van der Waals surface area contributed by atoms with E-state index in [1.54, 1.807) is 14.0 Å². The molecule has 0 saturated heterocycles. The summed E-state index contributed by atoms with van der Waals surface area (Å²) in [7, 11) is 1.64. The van der Waals surface area contributed by atoms with Crippen molar-refractivity contribution in [2.24, 2.45) is 0 Å². The minimum atomic E-state index is -0.676. The molecular formula is C21H20FNO3. The Morgan fingerprint density at radius 1 is 1.00 bits per heavy atom. The smallest absolute Gasteiger partial charge is 0.261 e. The molecule has 1 amide bonds. The van der Waals surface area contributed by atoms with Crippen LogP contribution in [-0.4, -0.2) is 19.1 Å². The van der Waals surface area contributed by atoms with Crippen molar-refractivity contribution in [3.8, 4) is 11.5 Å². The number of amides is 1. The minimum absolute atomic E-state index is 0.232. The van der Waals surface area contributed by atoms with Gasteiger partial charge in [0.1, 0.15) is 17.3 Å². The lowest BCUT2D eigenvalue weighted by Crippen LogP contribution is -2.35. The predicted octanol–water partition coefficient (Wildman–Crippen LogP) is 4.07. The number of benzene rings is 3. The van der Waals surface area contributed by atoms with E-state index in [-0.39, 0.29) is 11.7 Å². The molecule has 0 aromatic heterocycles. The van der Waals surface area contributed by atoms with Gasteiger partial charge in [-0.1, -0.05) is 18.2 Å². The first-order valence-corrected chi connectivity index (χ1v) is 8.32. The van der Waals surface area contributed by atoms with E-state index < -0.39 is 6.10 Å². The SMILES string of the molecule is COc1ccc2cc(CNC(=O)[C@@H](C)Oc3ccc(F)cc3)ccc2c1. The second kappa shape index (κ2) is 7.87. The number of ether oxygens (including phenoxy) is 2. The van der Waals surface area contributed by atoms with Crippen LogP contribution in [0.5, 0.6) is 11.5 Å². The fraction of sp³-hybridized carbons (Fsp3) is 0.190. The second-order valence-corrected chi connectivity index (χ2v) is 5.98. The predicted molar refractivity (Wildman–Crippen MR) is 98.8 cm³/mol. The Hall–Kier alpha value is -3.08. The van der Waals surface area contributed by atoms with E-state index in [9.17, 15) is 9.18 Å². The van der Waals surface area contributed by atoms with E-state index in [4.69, 9.17) is 9.47 Å². The first kappa shape index (κ1) is 17.7. The van der Waals surface area contributed by atoms with Crippen molar-refractivity contribution >= 4 is 16.7 Å². The highest BCUT2D eigenvalue weighted by Crippen LogP contribution is 2.22. The van der Waals surface area contributed by atoms with Crippen molar-refractivity contribution in [2.75, 3.05) is 7.11 Å². The summed E-state index contributed by atoms with van der Waals surface area (Å²) in [5, 5.41) is 5.01. The third kappa shape index (κ3) is 4.30. The summed E-state index contributed by atoms with van der Waals surface area (Å²) in [5.74, 6) is 0.687. The lowest BCUT2D eigenvalue weighted by Gasteiger charge is -2.15. The number of carbonyl (C=O) groups excluding carboxylic acids is 1. The van der Waals surface area contributed by atoms with Crippen LogP contribution in [0, 0.1) is 5.82 Å². The average molecular weight is 353 g/mol. The minimum Gasteiger partial charge on any atom is -0.497 e. The number of halogens is 1. The molecule has 0 radical (unpaired) electrons. The van der Waals surface area contributed by atoms with Crippen LogP contribution in [0.2, 0.25) is 0 Å². The fourth-order valence-corrected chi connectivity index (χ4v) is 2.61. The normalized spacial score (nSPS) is 11.8. The molecule has 0 fully saturated rings. The highest BCUT2D eigenvalue weighted by atomic mass is 19.1. The number of fused-ring (bicyclic) bond motifs is 1. The van der Waals surface area contributed by atoms with Crippen LogP contribution in [0.15, 0.2) is 60.7 Å². The van der Waals surface area contributed by atoms with E-state index in [0.29, 0.717) is 12.3 Å². The van der Waals surface area contributed by atoms with Crippen LogP contribution >= 0.6 is 0 Å². The topological polar surface area (TPSA) is 47.6 Å². The van der Waals surface area contributed by atoms with E-state index in [1.807, 2.05) is 36.4 Å². The molecule has 4 nitrogen and oxygen atoms in total. The molecule has 0 heterocycles. The highest BCUT2D eigenvalue weighted by molar-refractivity contribution is 5.85. The molecule has 1 N–H and O–H groups in total. The maximum absolute atomic E-state index is 12.9. The van der Waals surface area contributed by atoms with Gasteiger partial charge < -0.3 is 14.8 Å². The Balaban J connectivity index is 1.59. The van der Waals surface area contributed by atoms with Crippen molar-refractivity contribution in [1.82, 2.24) is 5.32 Å². The third-order valence-electron chi connectivity index (χ3n) is 4.07. The van der Waals surface area contributed by atoms with Crippen molar-refractivity contribution in [1.29, 1.82) is 0 Å². The first-order chi connectivity index (χ1) is 12.5. The molecule has 0 aliphatic carbocycles. The van der Waals surface area contributed by atoms with Gasteiger partial charge in [0.2, 0.25) is 0 Å². The molecule has 0 bridgehead atoms. The highest BCUT2D eigenvalue weighted by Gasteiger charge is 2.14. The van der Waals surface area contributed by atoms with Gasteiger partial charge in [0.25, 0.3) is 5.91 Å². The van der Waals surface area contributed by atoms with Gasteiger partial charge >= 0.3 is 0 Å². The van der Waals surface area contributed by atoms with Crippen LogP contribution in [0.25, 0.3) is 10.8 Å². The Morgan fingerprint density at radius 2 is 1.65 bits per heavy atom. The van der Waals surface area contributed by atoms with Crippen molar-refractivity contribution in [3.05, 3.63) is 72.0 Å². The number of rotatable bonds is 6. The van der Waals surface area contributed by atoms with Gasteiger partial charge in [-0.15, -0.1) is 0 Å². The molecule has 0 aliphatic heterocycles. The molecule has 5 heteroatoms. The van der Waals surface area contributed by atoms with Crippen LogP contribution < -0.4 is 14.8 Å². The molecule has 0 unspecified atom stereocenters. The van der Waals surface area contributed by atoms with Crippen LogP contribution in [0.1, 0.15) is 12.5 Å². The summed E-state index contributed by atoms with van der Waals surface area (Å²) in [6.07, 6.45) is -0.676. The van der Waals surface area contributed by atoms with Gasteiger partial charge in [0.15, 0.2) is 6.10 Å². The Morgan fingerprint density at radius 3 is 2.38 bits per heavy atom. The molecule has 3 aromatic carbocycles. The van der Waals surface area contributed by atoms with Gasteiger partial charge in [0.05, 0.1) is 7.11 Å². The summed E-state index contributed by atoms with van der Waals surface area (Å²) < 4.78 is 23.6. The van der Waals surface area contributed by atoms with Gasteiger partial charge in [-0.2, -0.15) is 0 Å². The van der Waals surface area contributed by atoms with Crippen LogP contribution in [0.3, 0.4) is 0 Å². The average Bonchev–Trinajstić information content (AvgIpc) is 2.67. The van der Waals surface area contributed by atoms with Crippen molar-refractivity contribution < 1.29 is 18.7 Å². The Kier molecular flexibility index (Phi) is 5.37. The van der Waals surface area contributed by atoms with Gasteiger partial charge in [0, 0.05) is 6.54 Å². The molecular weight excluding hydrogens is 333 g/mol. The second-order valence-electron chi connectivity index (χ2n) is 5.98. The van der Waals surface area contributed by atoms with E-state index in [2.05, 4.69) is 5.32 Å². The Labute approximate surface area is 151 Å². The summed E-state index contributed by atoms with van der Waals surface area (Å²) >= 11 is 0. The molecule has 1 atom stereocenters. The number of methoxy groups -OCH3 is 1. The molecule has 134 valence electrons. The summed E-state index contributed by atoms with van der Waals surface area (Å²) in [6, 6.07) is 17.4. The zero-order chi connectivity index (χ0) is 18.5. The molecule has 26 heavy (non-hydrogen) atoms. The maximum atomic E-state index is 12.9. The molecule has 3 aromatic rings. The monoisotopic (exact) mass is 353 g/mol. The number of hydrogen-bond donors (Lipinski definition) is 1. The first-order valence-electron chi connectivity index (χ1n) is 8.32. The van der Waals surface area contributed by atoms with Crippen molar-refractivity contribution in [3.63, 3.8) is 0 Å². The standard InChI is InChI=1S/C21H20FNO3/c1-14(26-19-9-6-18(22)7-10-19)21(24)23-13-15-3-4-17-12-20(25-2)8-5-16(17)11-15/h3-12,14H,13H2,1-2H3,(H,23,24)/t14-/m1/s1. The van der Waals surface area contributed by atoms with Crippen LogP contribution in [-0.2, 0) is 11.3 Å². The van der Waals surface area contributed by atoms with E-state index in [1.165, 1.54) is 24.3 Å². The molecule has 0 saturated carbocycles. The van der Waals surface area contributed by atoms with Gasteiger partial charge in [-0.3, -0.25) is 4.79 Å². The van der Waals surface area contributed by atoms with Crippen LogP contribution in [0.4, 0.5) is 4.39 Å². The quantitative estimate of drug-likeness (QED) is 0.727. The van der Waals surface area contributed by atoms with E-state index >= 15 is 0 Å². The summed E-state index contributed by atoms with van der Waals surface area (Å²) in [4.78, 5) is 12.2.